The lowest BCUT2D eigenvalue weighted by Crippen LogP contribution is -2.12. The highest BCUT2D eigenvalue weighted by Crippen LogP contribution is 2.30. The minimum Gasteiger partial charge on any atom is -0.396 e. The third-order valence-corrected chi connectivity index (χ3v) is 2.39. The first-order valence-corrected chi connectivity index (χ1v) is 5.65. The second kappa shape index (κ2) is 6.26. The van der Waals surface area contributed by atoms with Crippen LogP contribution in [-0.2, 0) is 11.0 Å². The number of nitrogen functional groups attached to an aromatic ring is 1. The van der Waals surface area contributed by atoms with E-state index in [1.807, 2.05) is 0 Å². The summed E-state index contributed by atoms with van der Waals surface area (Å²) < 4.78 is 37.3. The molecule has 0 radical (unpaired) electrons. The zero-order chi connectivity index (χ0) is 14.5. The largest absolute Gasteiger partial charge is 0.433 e. The number of halogens is 3. The molecule has 0 aliphatic rings. The lowest BCUT2D eigenvalue weighted by molar-refractivity contribution is -0.141. The first-order valence-electron chi connectivity index (χ1n) is 5.65. The molecule has 1 rings (SSSR count). The van der Waals surface area contributed by atoms with E-state index in [0.29, 0.717) is 19.4 Å². The van der Waals surface area contributed by atoms with Crippen LogP contribution >= 0.6 is 0 Å². The van der Waals surface area contributed by atoms with Gasteiger partial charge in [0.1, 0.15) is 5.69 Å². The molecule has 0 saturated heterocycles. The predicted molar refractivity (Wildman–Crippen MR) is 65.2 cm³/mol. The van der Waals surface area contributed by atoms with Crippen LogP contribution < -0.4 is 16.8 Å². The van der Waals surface area contributed by atoms with Gasteiger partial charge in [-0.15, -0.1) is 0 Å². The smallest absolute Gasteiger partial charge is 0.396 e. The Morgan fingerprint density at radius 2 is 2.05 bits per heavy atom. The molecule has 0 unspecified atom stereocenters. The van der Waals surface area contributed by atoms with Crippen molar-refractivity contribution in [3.05, 3.63) is 18.0 Å². The minimum absolute atomic E-state index is 0.142. The number of anilines is 2. The quantitative estimate of drug-likeness (QED) is 0.690. The van der Waals surface area contributed by atoms with Crippen molar-refractivity contribution in [2.24, 2.45) is 5.73 Å². The second-order valence-electron chi connectivity index (χ2n) is 4.00. The molecule has 0 fully saturated rings. The zero-order valence-corrected chi connectivity index (χ0v) is 10.1. The highest BCUT2D eigenvalue weighted by atomic mass is 19.4. The molecular formula is C11H15F3N4O. The van der Waals surface area contributed by atoms with Crippen LogP contribution in [0.2, 0.25) is 0 Å². The summed E-state index contributed by atoms with van der Waals surface area (Å²) in [6.45, 7) is 0.402. The van der Waals surface area contributed by atoms with Gasteiger partial charge in [-0.25, -0.2) is 4.98 Å². The van der Waals surface area contributed by atoms with Gasteiger partial charge in [0.2, 0.25) is 5.91 Å². The average Bonchev–Trinajstić information content (AvgIpc) is 2.29. The number of rotatable bonds is 6. The second-order valence-corrected chi connectivity index (χ2v) is 4.00. The van der Waals surface area contributed by atoms with Crippen LogP contribution in [0.1, 0.15) is 25.0 Å². The Labute approximate surface area is 108 Å². The van der Waals surface area contributed by atoms with Gasteiger partial charge in [0.05, 0.1) is 17.6 Å². The summed E-state index contributed by atoms with van der Waals surface area (Å²) in [6, 6.07) is 0.865. The van der Waals surface area contributed by atoms with Gasteiger partial charge < -0.3 is 16.8 Å². The number of alkyl halides is 3. The van der Waals surface area contributed by atoms with Gasteiger partial charge in [0, 0.05) is 13.0 Å². The number of hydrogen-bond acceptors (Lipinski definition) is 4. The Kier molecular flexibility index (Phi) is 4.96. The van der Waals surface area contributed by atoms with E-state index in [4.69, 9.17) is 11.5 Å². The molecule has 0 aliphatic carbocycles. The summed E-state index contributed by atoms with van der Waals surface area (Å²) in [6.07, 6.45) is -2.11. The normalized spacial score (nSPS) is 11.3. The number of primary amides is 1. The van der Waals surface area contributed by atoms with Crippen LogP contribution in [-0.4, -0.2) is 17.4 Å². The van der Waals surface area contributed by atoms with Crippen molar-refractivity contribution in [1.29, 1.82) is 0 Å². The molecule has 106 valence electrons. The average molecular weight is 276 g/mol. The van der Waals surface area contributed by atoms with E-state index in [2.05, 4.69) is 10.3 Å². The Morgan fingerprint density at radius 3 is 2.63 bits per heavy atom. The number of carbonyl (C=O) groups is 1. The van der Waals surface area contributed by atoms with Gasteiger partial charge >= 0.3 is 6.18 Å². The summed E-state index contributed by atoms with van der Waals surface area (Å²) in [7, 11) is 0. The number of aromatic nitrogens is 1. The molecule has 0 saturated carbocycles. The van der Waals surface area contributed by atoms with E-state index in [9.17, 15) is 18.0 Å². The van der Waals surface area contributed by atoms with E-state index in [1.54, 1.807) is 0 Å². The van der Waals surface area contributed by atoms with Gasteiger partial charge in [-0.3, -0.25) is 4.79 Å². The molecule has 0 atom stereocenters. The van der Waals surface area contributed by atoms with Crippen LogP contribution in [0.3, 0.4) is 0 Å². The molecule has 0 aromatic carbocycles. The Hall–Kier alpha value is -1.99. The Bertz CT molecular complexity index is 448. The summed E-state index contributed by atoms with van der Waals surface area (Å²) in [4.78, 5) is 13.7. The molecule has 8 heteroatoms. The Morgan fingerprint density at radius 1 is 1.37 bits per heavy atom. The van der Waals surface area contributed by atoms with E-state index >= 15 is 0 Å². The monoisotopic (exact) mass is 276 g/mol. The number of nitrogens with one attached hydrogen (secondary N) is 1. The standard InChI is InChI=1S/C11H15F3N4O/c12-11(13,14)9-5-8(7(15)6-18-9)17-4-2-1-3-10(16)19/h5-6H,1-4,15H2,(H2,16,19)(H,17,18). The van der Waals surface area contributed by atoms with Crippen molar-refractivity contribution in [2.75, 3.05) is 17.6 Å². The lowest BCUT2D eigenvalue weighted by atomic mass is 10.2. The number of unbranched alkanes of at least 4 members (excludes halogenated alkanes) is 1. The number of nitrogens with two attached hydrogens (primary N) is 2. The van der Waals surface area contributed by atoms with Crippen molar-refractivity contribution in [2.45, 2.75) is 25.4 Å². The molecule has 1 aromatic heterocycles. The van der Waals surface area contributed by atoms with Gasteiger partial charge in [-0.1, -0.05) is 0 Å². The van der Waals surface area contributed by atoms with Crippen LogP contribution in [0.4, 0.5) is 24.5 Å². The van der Waals surface area contributed by atoms with Crippen LogP contribution in [0.15, 0.2) is 12.3 Å². The Balaban J connectivity index is 2.55. The molecule has 1 amide bonds. The van der Waals surface area contributed by atoms with Crippen molar-refractivity contribution in [3.8, 4) is 0 Å². The third kappa shape index (κ3) is 5.02. The van der Waals surface area contributed by atoms with Crippen LogP contribution in [0.5, 0.6) is 0 Å². The van der Waals surface area contributed by atoms with E-state index in [-0.39, 0.29) is 17.8 Å². The number of carbonyl (C=O) groups excluding carboxylic acids is 1. The molecule has 0 aliphatic heterocycles. The van der Waals surface area contributed by atoms with E-state index < -0.39 is 17.8 Å². The third-order valence-electron chi connectivity index (χ3n) is 2.39. The topological polar surface area (TPSA) is 94.0 Å². The number of hydrogen-bond donors (Lipinski definition) is 3. The van der Waals surface area contributed by atoms with Gasteiger partial charge in [-0.05, 0) is 18.9 Å². The van der Waals surface area contributed by atoms with Crippen molar-refractivity contribution in [1.82, 2.24) is 4.98 Å². The first-order chi connectivity index (χ1) is 8.80. The molecule has 5 nitrogen and oxygen atoms in total. The minimum atomic E-state index is -4.50. The number of amides is 1. The molecular weight excluding hydrogens is 261 g/mol. The van der Waals surface area contributed by atoms with E-state index in [0.717, 1.165) is 12.3 Å². The first kappa shape index (κ1) is 15.1. The van der Waals surface area contributed by atoms with E-state index in [1.165, 1.54) is 0 Å². The summed E-state index contributed by atoms with van der Waals surface area (Å²) in [5.41, 5.74) is 9.82. The lowest BCUT2D eigenvalue weighted by Gasteiger charge is -2.12. The van der Waals surface area contributed by atoms with Crippen molar-refractivity contribution in [3.63, 3.8) is 0 Å². The molecule has 19 heavy (non-hydrogen) atoms. The molecule has 1 heterocycles. The summed E-state index contributed by atoms with van der Waals surface area (Å²) >= 11 is 0. The predicted octanol–water partition coefficient (Wildman–Crippen LogP) is 1.75. The van der Waals surface area contributed by atoms with Gasteiger partial charge in [0.25, 0.3) is 0 Å². The maximum atomic E-state index is 12.4. The van der Waals surface area contributed by atoms with Crippen LogP contribution in [0, 0.1) is 0 Å². The summed E-state index contributed by atoms with van der Waals surface area (Å²) in [5.74, 6) is -0.400. The fraction of sp³-hybridized carbons (Fsp3) is 0.455. The molecule has 0 spiro atoms. The highest BCUT2D eigenvalue weighted by molar-refractivity contribution is 5.73. The molecule has 5 N–H and O–H groups in total. The maximum Gasteiger partial charge on any atom is 0.433 e. The number of pyridine rings is 1. The van der Waals surface area contributed by atoms with Crippen molar-refractivity contribution < 1.29 is 18.0 Å². The van der Waals surface area contributed by atoms with Gasteiger partial charge in [-0.2, -0.15) is 13.2 Å². The molecule has 0 bridgehead atoms. The fourth-order valence-electron chi connectivity index (χ4n) is 1.42. The highest BCUT2D eigenvalue weighted by Gasteiger charge is 2.32. The zero-order valence-electron chi connectivity index (χ0n) is 10.1. The fourth-order valence-corrected chi connectivity index (χ4v) is 1.42. The molecule has 1 aromatic rings. The van der Waals surface area contributed by atoms with Crippen molar-refractivity contribution >= 4 is 17.3 Å². The maximum absolute atomic E-state index is 12.4. The SMILES string of the molecule is NC(=O)CCCCNc1cc(C(F)(F)F)ncc1N. The summed E-state index contributed by atoms with van der Waals surface area (Å²) in [5, 5.41) is 2.78. The van der Waals surface area contributed by atoms with Gasteiger partial charge in [0.15, 0.2) is 0 Å². The van der Waals surface area contributed by atoms with Crippen LogP contribution in [0.25, 0.3) is 0 Å². The number of nitrogens with zero attached hydrogens (tertiary/aromatic N) is 1.